The van der Waals surface area contributed by atoms with Crippen LogP contribution in [0, 0.1) is 13.8 Å². The molecule has 0 unspecified atom stereocenters. The van der Waals surface area contributed by atoms with E-state index in [0.717, 1.165) is 23.8 Å². The van der Waals surface area contributed by atoms with Gasteiger partial charge in [-0.2, -0.15) is 0 Å². The van der Waals surface area contributed by atoms with Crippen LogP contribution in [0.15, 0.2) is 6.20 Å². The number of hydrogen-bond acceptors (Lipinski definition) is 5. The summed E-state index contributed by atoms with van der Waals surface area (Å²) in [6, 6.07) is 0. The van der Waals surface area contributed by atoms with E-state index in [2.05, 4.69) is 15.3 Å². The summed E-state index contributed by atoms with van der Waals surface area (Å²) in [7, 11) is 1.66. The number of rotatable bonds is 7. The molecule has 0 saturated heterocycles. The first-order valence-electron chi connectivity index (χ1n) is 5.35. The second kappa shape index (κ2) is 7.14. The molecular weight excluding hydrogens is 206 g/mol. The van der Waals surface area contributed by atoms with Crippen LogP contribution in [0.25, 0.3) is 0 Å². The highest BCUT2D eigenvalue weighted by Gasteiger charge is 1.98. The van der Waals surface area contributed by atoms with E-state index in [0.29, 0.717) is 19.8 Å². The van der Waals surface area contributed by atoms with E-state index in [-0.39, 0.29) is 0 Å². The number of aryl methyl sites for hydroxylation is 2. The summed E-state index contributed by atoms with van der Waals surface area (Å²) in [5, 5.41) is 3.15. The Morgan fingerprint density at radius 1 is 1.19 bits per heavy atom. The maximum Gasteiger partial charge on any atom is 0.144 e. The Kier molecular flexibility index (Phi) is 5.74. The van der Waals surface area contributed by atoms with Crippen LogP contribution in [0.2, 0.25) is 0 Å². The summed E-state index contributed by atoms with van der Waals surface area (Å²) in [4.78, 5) is 8.57. The van der Waals surface area contributed by atoms with Crippen LogP contribution in [-0.4, -0.2) is 43.4 Å². The largest absolute Gasteiger partial charge is 0.382 e. The van der Waals surface area contributed by atoms with E-state index in [4.69, 9.17) is 9.47 Å². The Labute approximate surface area is 96.2 Å². The lowest BCUT2D eigenvalue weighted by Gasteiger charge is -2.07. The van der Waals surface area contributed by atoms with Gasteiger partial charge in [-0.1, -0.05) is 0 Å². The van der Waals surface area contributed by atoms with E-state index in [1.807, 2.05) is 13.8 Å². The fourth-order valence-corrected chi connectivity index (χ4v) is 1.12. The zero-order chi connectivity index (χ0) is 11.8. The lowest BCUT2D eigenvalue weighted by molar-refractivity contribution is 0.0759. The lowest BCUT2D eigenvalue weighted by atomic mass is 10.3. The van der Waals surface area contributed by atoms with Crippen LogP contribution in [0.5, 0.6) is 0 Å². The third-order valence-corrected chi connectivity index (χ3v) is 2.18. The highest BCUT2D eigenvalue weighted by Crippen LogP contribution is 2.04. The topological polar surface area (TPSA) is 56.3 Å². The zero-order valence-corrected chi connectivity index (χ0v) is 10.1. The Bertz CT molecular complexity index is 318. The van der Waals surface area contributed by atoms with Gasteiger partial charge in [0.2, 0.25) is 0 Å². The molecule has 0 aliphatic heterocycles. The van der Waals surface area contributed by atoms with Crippen molar-refractivity contribution in [3.8, 4) is 0 Å². The molecule has 0 spiro atoms. The molecule has 5 nitrogen and oxygen atoms in total. The molecule has 1 aromatic heterocycles. The first kappa shape index (κ1) is 12.9. The van der Waals surface area contributed by atoms with Crippen molar-refractivity contribution in [1.82, 2.24) is 9.97 Å². The molecule has 1 N–H and O–H groups in total. The Morgan fingerprint density at radius 3 is 2.69 bits per heavy atom. The minimum atomic E-state index is 0.622. The second-order valence-electron chi connectivity index (χ2n) is 3.46. The number of nitrogens with zero attached hydrogens (tertiary/aromatic N) is 2. The number of ether oxygens (including phenoxy) is 2. The quantitative estimate of drug-likeness (QED) is 0.706. The smallest absolute Gasteiger partial charge is 0.144 e. The third-order valence-electron chi connectivity index (χ3n) is 2.18. The number of anilines is 1. The van der Waals surface area contributed by atoms with Crippen LogP contribution < -0.4 is 5.32 Å². The first-order valence-corrected chi connectivity index (χ1v) is 5.35. The molecule has 1 aromatic rings. The van der Waals surface area contributed by atoms with Crippen molar-refractivity contribution in [1.29, 1.82) is 0 Å². The molecule has 0 aromatic carbocycles. The summed E-state index contributed by atoms with van der Waals surface area (Å²) in [5.74, 6) is 0.790. The van der Waals surface area contributed by atoms with Crippen molar-refractivity contribution in [2.75, 3.05) is 38.8 Å². The van der Waals surface area contributed by atoms with Crippen molar-refractivity contribution in [2.45, 2.75) is 13.8 Å². The monoisotopic (exact) mass is 225 g/mol. The number of aromatic nitrogens is 2. The van der Waals surface area contributed by atoms with Gasteiger partial charge >= 0.3 is 0 Å². The average molecular weight is 225 g/mol. The fraction of sp³-hybridized carbons (Fsp3) is 0.636. The van der Waals surface area contributed by atoms with Crippen LogP contribution in [0.4, 0.5) is 5.82 Å². The summed E-state index contributed by atoms with van der Waals surface area (Å²) >= 11 is 0. The lowest BCUT2D eigenvalue weighted by Crippen LogP contribution is -2.13. The standard InChI is InChI=1S/C11H19N3O2/c1-9-10(2)14-11(8-13-9)12-4-5-16-7-6-15-3/h8H,4-7H2,1-3H3,(H,12,14). The van der Waals surface area contributed by atoms with Gasteiger partial charge in [0.1, 0.15) is 5.82 Å². The molecule has 0 bridgehead atoms. The van der Waals surface area contributed by atoms with Crippen molar-refractivity contribution < 1.29 is 9.47 Å². The molecule has 0 saturated carbocycles. The van der Waals surface area contributed by atoms with E-state index in [9.17, 15) is 0 Å². The molecule has 0 aliphatic rings. The molecule has 0 amide bonds. The van der Waals surface area contributed by atoms with Gasteiger partial charge in [0.05, 0.1) is 37.4 Å². The Balaban J connectivity index is 2.19. The number of hydrogen-bond donors (Lipinski definition) is 1. The van der Waals surface area contributed by atoms with Crippen molar-refractivity contribution >= 4 is 5.82 Å². The van der Waals surface area contributed by atoms with Crippen molar-refractivity contribution in [2.24, 2.45) is 0 Å². The maximum absolute atomic E-state index is 5.31. The molecule has 0 aliphatic carbocycles. The minimum absolute atomic E-state index is 0.622. The summed E-state index contributed by atoms with van der Waals surface area (Å²) in [6.45, 7) is 6.50. The second-order valence-corrected chi connectivity index (χ2v) is 3.46. The van der Waals surface area contributed by atoms with E-state index >= 15 is 0 Å². The third kappa shape index (κ3) is 4.55. The van der Waals surface area contributed by atoms with Crippen LogP contribution in [0.3, 0.4) is 0 Å². The molecule has 0 radical (unpaired) electrons. The zero-order valence-electron chi connectivity index (χ0n) is 10.1. The number of methoxy groups -OCH3 is 1. The molecule has 0 atom stereocenters. The summed E-state index contributed by atoms with van der Waals surface area (Å²) in [6.07, 6.45) is 1.73. The molecule has 16 heavy (non-hydrogen) atoms. The molecule has 0 fully saturated rings. The highest BCUT2D eigenvalue weighted by molar-refractivity contribution is 5.33. The molecule has 1 rings (SSSR count). The fourth-order valence-electron chi connectivity index (χ4n) is 1.12. The van der Waals surface area contributed by atoms with E-state index in [1.54, 1.807) is 13.3 Å². The van der Waals surface area contributed by atoms with Gasteiger partial charge in [0, 0.05) is 13.7 Å². The van der Waals surface area contributed by atoms with Gasteiger partial charge in [-0.15, -0.1) is 0 Å². The maximum atomic E-state index is 5.31. The van der Waals surface area contributed by atoms with Crippen molar-refractivity contribution in [3.05, 3.63) is 17.6 Å². The predicted octanol–water partition coefficient (Wildman–Crippen LogP) is 1.17. The van der Waals surface area contributed by atoms with E-state index in [1.165, 1.54) is 0 Å². The van der Waals surface area contributed by atoms with Gasteiger partial charge in [-0.05, 0) is 13.8 Å². The summed E-state index contributed by atoms with van der Waals surface area (Å²) < 4.78 is 10.2. The van der Waals surface area contributed by atoms with Gasteiger partial charge in [0.15, 0.2) is 0 Å². The van der Waals surface area contributed by atoms with Gasteiger partial charge in [-0.3, -0.25) is 4.98 Å². The Hall–Kier alpha value is -1.20. The predicted molar refractivity (Wildman–Crippen MR) is 62.7 cm³/mol. The van der Waals surface area contributed by atoms with E-state index < -0.39 is 0 Å². The van der Waals surface area contributed by atoms with Crippen LogP contribution in [-0.2, 0) is 9.47 Å². The highest BCUT2D eigenvalue weighted by atomic mass is 16.5. The van der Waals surface area contributed by atoms with Gasteiger partial charge in [0.25, 0.3) is 0 Å². The normalized spacial score (nSPS) is 10.4. The molecule has 5 heteroatoms. The molecule has 90 valence electrons. The molecular formula is C11H19N3O2. The summed E-state index contributed by atoms with van der Waals surface area (Å²) in [5.41, 5.74) is 1.91. The van der Waals surface area contributed by atoms with Crippen LogP contribution in [0.1, 0.15) is 11.4 Å². The number of nitrogens with one attached hydrogen (secondary N) is 1. The van der Waals surface area contributed by atoms with Gasteiger partial charge < -0.3 is 14.8 Å². The molecule has 1 heterocycles. The van der Waals surface area contributed by atoms with Crippen molar-refractivity contribution in [3.63, 3.8) is 0 Å². The van der Waals surface area contributed by atoms with Crippen LogP contribution >= 0.6 is 0 Å². The minimum Gasteiger partial charge on any atom is -0.382 e. The Morgan fingerprint density at radius 2 is 2.00 bits per heavy atom. The average Bonchev–Trinajstić information content (AvgIpc) is 2.28. The van der Waals surface area contributed by atoms with Gasteiger partial charge in [-0.25, -0.2) is 4.98 Å². The SMILES string of the molecule is COCCOCCNc1cnc(C)c(C)n1. The first-order chi connectivity index (χ1) is 7.74.